The van der Waals surface area contributed by atoms with Crippen molar-refractivity contribution in [2.45, 2.75) is 24.5 Å². The molecule has 5 N–H and O–H groups in total. The Bertz CT molecular complexity index is 603. The SMILES string of the molecule is Nc1ncnc2c1ncn2C1O[C@@H](CO)[C@H](O)[C@H]1O. The summed E-state index contributed by atoms with van der Waals surface area (Å²) in [5.74, 6) is 0.218. The fourth-order valence-electron chi connectivity index (χ4n) is 2.17. The molecule has 0 bridgehead atoms. The van der Waals surface area contributed by atoms with Crippen molar-refractivity contribution in [3.63, 3.8) is 0 Å². The van der Waals surface area contributed by atoms with Gasteiger partial charge in [0.1, 0.15) is 30.2 Å². The number of nitrogens with zero attached hydrogens (tertiary/aromatic N) is 4. The van der Waals surface area contributed by atoms with Gasteiger partial charge in [0.25, 0.3) is 0 Å². The van der Waals surface area contributed by atoms with Crippen molar-refractivity contribution in [1.82, 2.24) is 19.5 Å². The Labute approximate surface area is 107 Å². The maximum Gasteiger partial charge on any atom is 0.167 e. The first-order valence-electron chi connectivity index (χ1n) is 5.69. The van der Waals surface area contributed by atoms with Crippen molar-refractivity contribution in [3.8, 4) is 0 Å². The zero-order valence-corrected chi connectivity index (χ0v) is 9.79. The largest absolute Gasteiger partial charge is 0.394 e. The molecular formula is C10H13N5O4. The van der Waals surface area contributed by atoms with Crippen LogP contribution in [0.25, 0.3) is 11.2 Å². The molecular weight excluding hydrogens is 254 g/mol. The normalized spacial score (nSPS) is 31.1. The number of hydrogen-bond acceptors (Lipinski definition) is 8. The molecule has 19 heavy (non-hydrogen) atoms. The highest BCUT2D eigenvalue weighted by atomic mass is 16.6. The van der Waals surface area contributed by atoms with Gasteiger partial charge in [-0.2, -0.15) is 0 Å². The number of ether oxygens (including phenoxy) is 1. The number of aromatic nitrogens is 4. The van der Waals surface area contributed by atoms with E-state index in [1.54, 1.807) is 0 Å². The second kappa shape index (κ2) is 4.38. The maximum absolute atomic E-state index is 9.95. The summed E-state index contributed by atoms with van der Waals surface area (Å²) in [6, 6.07) is 0. The van der Waals surface area contributed by atoms with Crippen LogP contribution in [-0.4, -0.2) is 59.8 Å². The van der Waals surface area contributed by atoms with Crippen molar-refractivity contribution >= 4 is 17.0 Å². The zero-order chi connectivity index (χ0) is 13.6. The third-order valence-electron chi connectivity index (χ3n) is 3.18. The van der Waals surface area contributed by atoms with Crippen LogP contribution in [0, 0.1) is 0 Å². The molecule has 3 heterocycles. The number of nitrogens with two attached hydrogens (primary N) is 1. The van der Waals surface area contributed by atoms with E-state index in [1.165, 1.54) is 17.2 Å². The first-order valence-corrected chi connectivity index (χ1v) is 5.69. The lowest BCUT2D eigenvalue weighted by atomic mass is 10.1. The number of anilines is 1. The summed E-state index contributed by atoms with van der Waals surface area (Å²) in [6.07, 6.45) is -1.42. The van der Waals surface area contributed by atoms with Crippen LogP contribution in [0.4, 0.5) is 5.82 Å². The third kappa shape index (κ3) is 1.75. The summed E-state index contributed by atoms with van der Waals surface area (Å²) in [4.78, 5) is 11.9. The van der Waals surface area contributed by atoms with Gasteiger partial charge in [-0.1, -0.05) is 0 Å². The number of aliphatic hydroxyl groups excluding tert-OH is 3. The Kier molecular flexibility index (Phi) is 2.82. The van der Waals surface area contributed by atoms with Crippen LogP contribution in [0.1, 0.15) is 6.23 Å². The van der Waals surface area contributed by atoms with Crippen molar-refractivity contribution in [3.05, 3.63) is 12.7 Å². The molecule has 1 aliphatic heterocycles. The lowest BCUT2D eigenvalue weighted by molar-refractivity contribution is -0.0511. The topological polar surface area (TPSA) is 140 Å². The van der Waals surface area contributed by atoms with Gasteiger partial charge in [0.2, 0.25) is 0 Å². The van der Waals surface area contributed by atoms with E-state index in [9.17, 15) is 10.2 Å². The van der Waals surface area contributed by atoms with Crippen LogP contribution in [0.15, 0.2) is 12.7 Å². The van der Waals surface area contributed by atoms with Gasteiger partial charge in [0.05, 0.1) is 12.9 Å². The van der Waals surface area contributed by atoms with Gasteiger partial charge in [0, 0.05) is 0 Å². The predicted octanol–water partition coefficient (Wildman–Crippen LogP) is -1.98. The van der Waals surface area contributed by atoms with Crippen molar-refractivity contribution in [2.75, 3.05) is 12.3 Å². The molecule has 3 rings (SSSR count). The van der Waals surface area contributed by atoms with Gasteiger partial charge in [-0.3, -0.25) is 4.57 Å². The Balaban J connectivity index is 2.04. The molecule has 9 nitrogen and oxygen atoms in total. The van der Waals surface area contributed by atoms with E-state index < -0.39 is 31.1 Å². The molecule has 2 aromatic rings. The van der Waals surface area contributed by atoms with Crippen molar-refractivity contribution < 1.29 is 20.1 Å². The molecule has 4 atom stereocenters. The highest BCUT2D eigenvalue weighted by Crippen LogP contribution is 2.31. The van der Waals surface area contributed by atoms with Gasteiger partial charge < -0.3 is 25.8 Å². The first-order chi connectivity index (χ1) is 9.13. The fourth-order valence-corrected chi connectivity index (χ4v) is 2.17. The first kappa shape index (κ1) is 12.2. The maximum atomic E-state index is 9.95. The Morgan fingerprint density at radius 1 is 1.26 bits per heavy atom. The van der Waals surface area contributed by atoms with E-state index in [-0.39, 0.29) is 5.82 Å². The predicted molar refractivity (Wildman–Crippen MR) is 62.7 cm³/mol. The van der Waals surface area contributed by atoms with E-state index >= 15 is 0 Å². The van der Waals surface area contributed by atoms with Crippen LogP contribution in [0.5, 0.6) is 0 Å². The number of hydrogen-bond donors (Lipinski definition) is 4. The van der Waals surface area contributed by atoms with Crippen LogP contribution in [0.3, 0.4) is 0 Å². The lowest BCUT2D eigenvalue weighted by Crippen LogP contribution is -2.33. The van der Waals surface area contributed by atoms with Crippen LogP contribution >= 0.6 is 0 Å². The monoisotopic (exact) mass is 267 g/mol. The van der Waals surface area contributed by atoms with Gasteiger partial charge in [-0.05, 0) is 0 Å². The zero-order valence-electron chi connectivity index (χ0n) is 9.79. The Morgan fingerprint density at radius 2 is 2.05 bits per heavy atom. The molecule has 0 saturated carbocycles. The van der Waals surface area contributed by atoms with Gasteiger partial charge in [-0.25, -0.2) is 15.0 Å². The number of fused-ring (bicyclic) bond motifs is 1. The third-order valence-corrected chi connectivity index (χ3v) is 3.18. The quantitative estimate of drug-likeness (QED) is 0.491. The van der Waals surface area contributed by atoms with E-state index in [4.69, 9.17) is 15.6 Å². The summed E-state index contributed by atoms with van der Waals surface area (Å²) in [7, 11) is 0. The summed E-state index contributed by atoms with van der Waals surface area (Å²) in [5.41, 5.74) is 6.44. The summed E-state index contributed by atoms with van der Waals surface area (Å²) in [6.45, 7) is -0.390. The minimum absolute atomic E-state index is 0.218. The fraction of sp³-hybridized carbons (Fsp3) is 0.500. The molecule has 102 valence electrons. The molecule has 0 radical (unpaired) electrons. The Morgan fingerprint density at radius 3 is 2.74 bits per heavy atom. The van der Waals surface area contributed by atoms with Crippen molar-refractivity contribution in [2.24, 2.45) is 0 Å². The Hall–Kier alpha value is -1.81. The molecule has 0 spiro atoms. The molecule has 1 unspecified atom stereocenters. The van der Waals surface area contributed by atoms with E-state index in [1.807, 2.05) is 0 Å². The molecule has 1 aliphatic rings. The van der Waals surface area contributed by atoms with Crippen molar-refractivity contribution in [1.29, 1.82) is 0 Å². The average molecular weight is 267 g/mol. The number of rotatable bonds is 2. The smallest absolute Gasteiger partial charge is 0.167 e. The van der Waals surface area contributed by atoms with Crippen LogP contribution in [-0.2, 0) is 4.74 Å². The molecule has 9 heteroatoms. The van der Waals surface area contributed by atoms with E-state index in [2.05, 4.69) is 15.0 Å². The molecule has 2 aromatic heterocycles. The summed E-state index contributed by atoms with van der Waals surface area (Å²) in [5, 5.41) is 28.7. The minimum Gasteiger partial charge on any atom is -0.394 e. The van der Waals surface area contributed by atoms with Gasteiger partial charge in [0.15, 0.2) is 17.7 Å². The number of aliphatic hydroxyl groups is 3. The highest BCUT2D eigenvalue weighted by molar-refractivity contribution is 5.81. The molecule has 0 aliphatic carbocycles. The average Bonchev–Trinajstić information content (AvgIpc) is 2.94. The van der Waals surface area contributed by atoms with Crippen LogP contribution < -0.4 is 5.73 Å². The van der Waals surface area contributed by atoms with E-state index in [0.717, 1.165) is 0 Å². The molecule has 1 fully saturated rings. The lowest BCUT2D eigenvalue weighted by Gasteiger charge is -2.16. The number of nitrogen functional groups attached to an aromatic ring is 1. The highest BCUT2D eigenvalue weighted by Gasteiger charge is 2.43. The minimum atomic E-state index is -1.19. The second-order valence-electron chi connectivity index (χ2n) is 4.31. The van der Waals surface area contributed by atoms with Gasteiger partial charge >= 0.3 is 0 Å². The number of imidazole rings is 1. The van der Waals surface area contributed by atoms with Gasteiger partial charge in [-0.15, -0.1) is 0 Å². The second-order valence-corrected chi connectivity index (χ2v) is 4.31. The summed E-state index contributed by atoms with van der Waals surface area (Å²) < 4.78 is 6.85. The molecule has 0 amide bonds. The summed E-state index contributed by atoms with van der Waals surface area (Å²) >= 11 is 0. The molecule has 0 aromatic carbocycles. The van der Waals surface area contributed by atoms with E-state index in [0.29, 0.717) is 11.2 Å². The standard InChI is InChI=1S/C10H13N5O4/c11-8-5-9(13-2-12-8)15(3-14-5)10-7(18)6(17)4(1-16)19-10/h2-4,6-7,10,16-18H,1H2,(H2,11,12,13)/t4-,6-,7+,10?/m0/s1. The van der Waals surface area contributed by atoms with Crippen LogP contribution in [0.2, 0.25) is 0 Å². The molecule has 1 saturated heterocycles.